The summed E-state index contributed by atoms with van der Waals surface area (Å²) in [7, 11) is 0. The average Bonchev–Trinajstić information content (AvgIpc) is 2.74. The minimum atomic E-state index is -0.360. The van der Waals surface area contributed by atoms with E-state index in [4.69, 9.17) is 14.7 Å². The number of carbonyl (C=O) groups is 1. The van der Waals surface area contributed by atoms with Crippen molar-refractivity contribution in [3.05, 3.63) is 66.0 Å². The smallest absolute Gasteiger partial charge is 0.258 e. The molecule has 3 aromatic rings. The Bertz CT molecular complexity index is 1060. The highest BCUT2D eigenvalue weighted by Crippen LogP contribution is 2.33. The molecule has 1 aromatic heterocycles. The van der Waals surface area contributed by atoms with Gasteiger partial charge in [0, 0.05) is 29.8 Å². The Morgan fingerprint density at radius 1 is 1.00 bits per heavy atom. The van der Waals surface area contributed by atoms with Gasteiger partial charge in [-0.05, 0) is 30.3 Å². The summed E-state index contributed by atoms with van der Waals surface area (Å²) in [5, 5.41) is 14.7. The maximum atomic E-state index is 12.3. The molecule has 0 atom stereocenters. The number of aromatic nitrogens is 2. The molecular formula is C20H15N5O3. The van der Waals surface area contributed by atoms with Crippen molar-refractivity contribution < 1.29 is 14.3 Å². The maximum absolute atomic E-state index is 12.3. The molecule has 0 saturated heterocycles. The summed E-state index contributed by atoms with van der Waals surface area (Å²) in [5.74, 6) is 1.35. The van der Waals surface area contributed by atoms with Crippen LogP contribution < -0.4 is 20.1 Å². The number of benzene rings is 2. The molecule has 28 heavy (non-hydrogen) atoms. The Balaban J connectivity index is 1.43. The van der Waals surface area contributed by atoms with E-state index in [2.05, 4.69) is 20.6 Å². The monoisotopic (exact) mass is 373 g/mol. The normalized spacial score (nSPS) is 12.0. The number of nitrogens with one attached hydrogen (secondary N) is 2. The van der Waals surface area contributed by atoms with Crippen LogP contribution in [0.4, 0.5) is 17.3 Å². The molecular weight excluding hydrogens is 358 g/mol. The molecule has 0 radical (unpaired) electrons. The summed E-state index contributed by atoms with van der Waals surface area (Å²) in [5.41, 5.74) is 2.04. The van der Waals surface area contributed by atoms with Gasteiger partial charge in [-0.25, -0.2) is 9.97 Å². The number of hydrogen-bond donors (Lipinski definition) is 2. The summed E-state index contributed by atoms with van der Waals surface area (Å²) in [4.78, 5) is 20.7. The van der Waals surface area contributed by atoms with E-state index in [-0.39, 0.29) is 5.91 Å². The Labute approximate surface area is 160 Å². The molecule has 2 aromatic carbocycles. The van der Waals surface area contributed by atoms with Crippen molar-refractivity contribution in [3.63, 3.8) is 0 Å². The molecule has 8 heteroatoms. The third-order valence-corrected chi connectivity index (χ3v) is 3.96. The molecule has 1 aliphatic rings. The van der Waals surface area contributed by atoms with Crippen LogP contribution in [-0.2, 0) is 0 Å². The molecule has 138 valence electrons. The number of amides is 1. The van der Waals surface area contributed by atoms with E-state index >= 15 is 0 Å². The van der Waals surface area contributed by atoms with Crippen LogP contribution in [0.5, 0.6) is 11.5 Å². The zero-order valence-electron chi connectivity index (χ0n) is 14.7. The van der Waals surface area contributed by atoms with Crippen molar-refractivity contribution in [2.45, 2.75) is 0 Å². The Hall–Kier alpha value is -4.12. The van der Waals surface area contributed by atoms with Crippen molar-refractivity contribution in [2.75, 3.05) is 23.8 Å². The molecule has 2 heterocycles. The molecule has 0 saturated carbocycles. The van der Waals surface area contributed by atoms with Gasteiger partial charge in [0.05, 0.1) is 17.2 Å². The van der Waals surface area contributed by atoms with Crippen LogP contribution in [0.15, 0.2) is 54.9 Å². The summed E-state index contributed by atoms with van der Waals surface area (Å²) in [6.07, 6.45) is 2.85. The van der Waals surface area contributed by atoms with Crippen molar-refractivity contribution in [1.29, 1.82) is 5.26 Å². The molecule has 1 aliphatic heterocycles. The Morgan fingerprint density at radius 2 is 1.79 bits per heavy atom. The van der Waals surface area contributed by atoms with Crippen LogP contribution in [0.1, 0.15) is 15.9 Å². The van der Waals surface area contributed by atoms with E-state index in [1.54, 1.807) is 30.3 Å². The van der Waals surface area contributed by atoms with Gasteiger partial charge in [0.1, 0.15) is 13.2 Å². The van der Waals surface area contributed by atoms with Crippen LogP contribution in [0.25, 0.3) is 0 Å². The van der Waals surface area contributed by atoms with Crippen LogP contribution >= 0.6 is 0 Å². The first-order valence-corrected chi connectivity index (χ1v) is 8.51. The second-order valence-electron chi connectivity index (χ2n) is 5.93. The quantitative estimate of drug-likeness (QED) is 0.723. The fourth-order valence-electron chi connectivity index (χ4n) is 2.63. The highest BCUT2D eigenvalue weighted by molar-refractivity contribution is 6.04. The lowest BCUT2D eigenvalue weighted by molar-refractivity contribution is 0.102. The molecule has 0 aliphatic carbocycles. The number of nitrogens with zero attached hydrogens (tertiary/aromatic N) is 3. The maximum Gasteiger partial charge on any atom is 0.258 e. The minimum absolute atomic E-state index is 0.301. The van der Waals surface area contributed by atoms with Gasteiger partial charge in [-0.3, -0.25) is 4.79 Å². The zero-order valence-corrected chi connectivity index (χ0v) is 14.7. The Morgan fingerprint density at radius 3 is 2.57 bits per heavy atom. The van der Waals surface area contributed by atoms with Crippen molar-refractivity contribution in [2.24, 2.45) is 0 Å². The van der Waals surface area contributed by atoms with E-state index in [0.717, 1.165) is 5.69 Å². The number of ether oxygens (including phenoxy) is 2. The van der Waals surface area contributed by atoms with Crippen molar-refractivity contribution in [1.82, 2.24) is 9.97 Å². The van der Waals surface area contributed by atoms with Crippen LogP contribution in [-0.4, -0.2) is 29.1 Å². The summed E-state index contributed by atoms with van der Waals surface area (Å²) < 4.78 is 11.0. The first-order valence-electron chi connectivity index (χ1n) is 8.51. The number of carbonyl (C=O) groups excluding carboxylic acids is 1. The van der Waals surface area contributed by atoms with Crippen LogP contribution in [0.3, 0.4) is 0 Å². The topological polar surface area (TPSA) is 109 Å². The SMILES string of the molecule is N#Cc1cccc(NC(=O)c2cnc(Nc3ccc4c(c3)OCCO4)nc2)c1. The molecule has 0 fully saturated rings. The second-order valence-corrected chi connectivity index (χ2v) is 5.93. The van der Waals surface area contributed by atoms with Crippen LogP contribution in [0, 0.1) is 11.3 Å². The first-order chi connectivity index (χ1) is 13.7. The van der Waals surface area contributed by atoms with Gasteiger partial charge in [-0.1, -0.05) is 6.07 Å². The lowest BCUT2D eigenvalue weighted by Crippen LogP contribution is -2.15. The van der Waals surface area contributed by atoms with E-state index in [9.17, 15) is 4.79 Å². The van der Waals surface area contributed by atoms with Crippen LogP contribution in [0.2, 0.25) is 0 Å². The highest BCUT2D eigenvalue weighted by Gasteiger charge is 2.13. The van der Waals surface area contributed by atoms with E-state index < -0.39 is 0 Å². The summed E-state index contributed by atoms with van der Waals surface area (Å²) in [6.45, 7) is 1.04. The standard InChI is InChI=1S/C20H15N5O3/c21-10-13-2-1-3-15(8-13)24-19(26)14-11-22-20(23-12-14)25-16-4-5-17-18(9-16)28-7-6-27-17/h1-5,8-9,11-12H,6-7H2,(H,24,26)(H,22,23,25). The van der Waals surface area contributed by atoms with Gasteiger partial charge in [-0.15, -0.1) is 0 Å². The summed E-state index contributed by atoms with van der Waals surface area (Å²) in [6, 6.07) is 14.1. The van der Waals surface area contributed by atoms with Gasteiger partial charge in [0.25, 0.3) is 5.91 Å². The number of anilines is 3. The van der Waals surface area contributed by atoms with Crippen molar-refractivity contribution >= 4 is 23.2 Å². The fourth-order valence-corrected chi connectivity index (χ4v) is 2.63. The zero-order chi connectivity index (χ0) is 19.3. The molecule has 0 unspecified atom stereocenters. The number of fused-ring (bicyclic) bond motifs is 1. The lowest BCUT2D eigenvalue weighted by atomic mass is 10.2. The number of nitriles is 1. The van der Waals surface area contributed by atoms with Gasteiger partial charge in [0.2, 0.25) is 5.95 Å². The molecule has 0 bridgehead atoms. The first kappa shape index (κ1) is 17.3. The van der Waals surface area contributed by atoms with E-state index in [0.29, 0.717) is 47.5 Å². The molecule has 1 amide bonds. The van der Waals surface area contributed by atoms with Crippen molar-refractivity contribution in [3.8, 4) is 17.6 Å². The predicted molar refractivity (Wildman–Crippen MR) is 102 cm³/mol. The largest absolute Gasteiger partial charge is 0.486 e. The third-order valence-electron chi connectivity index (χ3n) is 3.96. The van der Waals surface area contributed by atoms with Gasteiger partial charge in [-0.2, -0.15) is 5.26 Å². The Kier molecular flexibility index (Phi) is 4.72. The van der Waals surface area contributed by atoms with E-state index in [1.807, 2.05) is 18.2 Å². The average molecular weight is 373 g/mol. The molecule has 0 spiro atoms. The lowest BCUT2D eigenvalue weighted by Gasteiger charge is -2.18. The fraction of sp³-hybridized carbons (Fsp3) is 0.100. The highest BCUT2D eigenvalue weighted by atomic mass is 16.6. The molecule has 8 nitrogen and oxygen atoms in total. The number of rotatable bonds is 4. The second kappa shape index (κ2) is 7.63. The van der Waals surface area contributed by atoms with E-state index in [1.165, 1.54) is 12.4 Å². The van der Waals surface area contributed by atoms with Gasteiger partial charge >= 0.3 is 0 Å². The number of hydrogen-bond acceptors (Lipinski definition) is 7. The third kappa shape index (κ3) is 3.83. The molecule has 4 rings (SSSR count). The predicted octanol–water partition coefficient (Wildman–Crippen LogP) is 3.12. The molecule has 2 N–H and O–H groups in total. The minimum Gasteiger partial charge on any atom is -0.486 e. The van der Waals surface area contributed by atoms with Gasteiger partial charge in [0.15, 0.2) is 11.5 Å². The summed E-state index contributed by atoms with van der Waals surface area (Å²) >= 11 is 0. The van der Waals surface area contributed by atoms with Gasteiger partial charge < -0.3 is 20.1 Å².